The van der Waals surface area contributed by atoms with Crippen LogP contribution in [-0.4, -0.2) is 8.42 Å². The number of benzene rings is 2. The number of rotatable bonds is 6. The van der Waals surface area contributed by atoms with Gasteiger partial charge in [-0.2, -0.15) is 0 Å². The van der Waals surface area contributed by atoms with E-state index in [1.807, 2.05) is 24.3 Å². The lowest BCUT2D eigenvalue weighted by atomic mass is 10.1. The molecule has 0 saturated carbocycles. The predicted molar refractivity (Wildman–Crippen MR) is 86.1 cm³/mol. The Hall–Kier alpha value is -2.13. The second-order valence-electron chi connectivity index (χ2n) is 4.78. The molecule has 0 aliphatic carbocycles. The van der Waals surface area contributed by atoms with Crippen LogP contribution in [0.1, 0.15) is 11.1 Å². The summed E-state index contributed by atoms with van der Waals surface area (Å²) < 4.78 is 25.1. The van der Waals surface area contributed by atoms with E-state index in [1.54, 1.807) is 36.4 Å². The molecule has 0 fully saturated rings. The van der Waals surface area contributed by atoms with Crippen LogP contribution in [0.5, 0.6) is 0 Å². The molecule has 2 aromatic rings. The van der Waals surface area contributed by atoms with Crippen LogP contribution in [0.2, 0.25) is 0 Å². The molecule has 0 heterocycles. The second kappa shape index (κ2) is 6.55. The first-order valence-electron chi connectivity index (χ1n) is 6.72. The van der Waals surface area contributed by atoms with E-state index in [9.17, 15) is 8.42 Å². The van der Waals surface area contributed by atoms with Gasteiger partial charge in [-0.05, 0) is 48.2 Å². The summed E-state index contributed by atoms with van der Waals surface area (Å²) in [5.41, 5.74) is 2.09. The zero-order chi connectivity index (χ0) is 15.3. The quantitative estimate of drug-likeness (QED) is 0.756. The first kappa shape index (κ1) is 15.3. The van der Waals surface area contributed by atoms with Crippen LogP contribution in [-0.2, 0) is 22.7 Å². The lowest BCUT2D eigenvalue weighted by molar-refractivity contribution is 0.596. The van der Waals surface area contributed by atoms with E-state index in [-0.39, 0.29) is 0 Å². The van der Waals surface area contributed by atoms with E-state index in [0.717, 1.165) is 24.0 Å². The van der Waals surface area contributed by atoms with E-state index in [1.165, 1.54) is 0 Å². The van der Waals surface area contributed by atoms with Gasteiger partial charge in [0.1, 0.15) is 0 Å². The SMILES string of the molecule is C=CCc1ccc(S(=O)(=O)c2ccc(CC=C)cc2)cc1. The van der Waals surface area contributed by atoms with Crippen molar-refractivity contribution in [2.24, 2.45) is 0 Å². The summed E-state index contributed by atoms with van der Waals surface area (Å²) >= 11 is 0. The average Bonchev–Trinajstić information content (AvgIpc) is 2.49. The molecule has 2 nitrogen and oxygen atoms in total. The molecule has 0 saturated heterocycles. The molecule has 3 heteroatoms. The van der Waals surface area contributed by atoms with Crippen LogP contribution in [0.3, 0.4) is 0 Å². The molecule has 0 aromatic heterocycles. The highest BCUT2D eigenvalue weighted by atomic mass is 32.2. The van der Waals surface area contributed by atoms with Crippen LogP contribution in [0.25, 0.3) is 0 Å². The van der Waals surface area contributed by atoms with Crippen molar-refractivity contribution in [3.63, 3.8) is 0 Å². The fourth-order valence-electron chi connectivity index (χ4n) is 2.08. The van der Waals surface area contributed by atoms with Crippen molar-refractivity contribution in [2.75, 3.05) is 0 Å². The fourth-order valence-corrected chi connectivity index (χ4v) is 3.34. The van der Waals surface area contributed by atoms with E-state index in [4.69, 9.17) is 0 Å². The molecule has 0 aliphatic rings. The van der Waals surface area contributed by atoms with Crippen LogP contribution in [0.4, 0.5) is 0 Å². The summed E-state index contributed by atoms with van der Waals surface area (Å²) in [5, 5.41) is 0. The molecule has 21 heavy (non-hydrogen) atoms. The molecule has 0 spiro atoms. The van der Waals surface area contributed by atoms with Gasteiger partial charge in [0.2, 0.25) is 9.84 Å². The van der Waals surface area contributed by atoms with Crippen molar-refractivity contribution in [1.29, 1.82) is 0 Å². The number of hydrogen-bond acceptors (Lipinski definition) is 2. The lowest BCUT2D eigenvalue weighted by Gasteiger charge is -2.06. The largest absolute Gasteiger partial charge is 0.219 e. The van der Waals surface area contributed by atoms with Gasteiger partial charge in [0.25, 0.3) is 0 Å². The van der Waals surface area contributed by atoms with Crippen LogP contribution in [0, 0.1) is 0 Å². The molecule has 0 aliphatic heterocycles. The first-order valence-corrected chi connectivity index (χ1v) is 8.21. The highest BCUT2D eigenvalue weighted by Crippen LogP contribution is 2.22. The monoisotopic (exact) mass is 298 g/mol. The second-order valence-corrected chi connectivity index (χ2v) is 6.73. The van der Waals surface area contributed by atoms with Gasteiger partial charge in [0.15, 0.2) is 0 Å². The minimum atomic E-state index is -3.45. The Morgan fingerprint density at radius 1 is 0.714 bits per heavy atom. The van der Waals surface area contributed by atoms with Crippen molar-refractivity contribution < 1.29 is 8.42 Å². The third-order valence-electron chi connectivity index (χ3n) is 3.23. The van der Waals surface area contributed by atoms with Gasteiger partial charge in [0.05, 0.1) is 9.79 Å². The van der Waals surface area contributed by atoms with Gasteiger partial charge in [0, 0.05) is 0 Å². The van der Waals surface area contributed by atoms with E-state index < -0.39 is 9.84 Å². The minimum Gasteiger partial charge on any atom is -0.219 e. The zero-order valence-electron chi connectivity index (χ0n) is 11.8. The Kier molecular flexibility index (Phi) is 4.76. The highest BCUT2D eigenvalue weighted by Gasteiger charge is 2.17. The Bertz CT molecular complexity index is 664. The van der Waals surface area contributed by atoms with E-state index >= 15 is 0 Å². The van der Waals surface area contributed by atoms with Gasteiger partial charge in [-0.15, -0.1) is 13.2 Å². The van der Waals surface area contributed by atoms with E-state index in [2.05, 4.69) is 13.2 Å². The fraction of sp³-hybridized carbons (Fsp3) is 0.111. The van der Waals surface area contributed by atoms with Crippen LogP contribution >= 0.6 is 0 Å². The normalized spacial score (nSPS) is 11.0. The van der Waals surface area contributed by atoms with E-state index in [0.29, 0.717) is 9.79 Å². The Labute approximate surface area is 126 Å². The summed E-state index contributed by atoms with van der Waals surface area (Å²) in [6, 6.07) is 13.9. The molecule has 0 N–H and O–H groups in total. The molecule has 0 amide bonds. The molecular weight excluding hydrogens is 280 g/mol. The van der Waals surface area contributed by atoms with Gasteiger partial charge >= 0.3 is 0 Å². The van der Waals surface area contributed by atoms with Crippen molar-refractivity contribution in [3.05, 3.63) is 85.0 Å². The maximum atomic E-state index is 12.5. The summed E-state index contributed by atoms with van der Waals surface area (Å²) in [4.78, 5) is 0.624. The molecular formula is C18H18O2S. The molecule has 0 unspecified atom stereocenters. The molecule has 2 aromatic carbocycles. The van der Waals surface area contributed by atoms with Gasteiger partial charge in [-0.3, -0.25) is 0 Å². The lowest BCUT2D eigenvalue weighted by Crippen LogP contribution is -2.02. The third-order valence-corrected chi connectivity index (χ3v) is 5.01. The maximum Gasteiger partial charge on any atom is 0.206 e. The number of hydrogen-bond donors (Lipinski definition) is 0. The van der Waals surface area contributed by atoms with Gasteiger partial charge in [-0.1, -0.05) is 36.4 Å². The van der Waals surface area contributed by atoms with Gasteiger partial charge in [-0.25, -0.2) is 8.42 Å². The Morgan fingerprint density at radius 3 is 1.33 bits per heavy atom. The van der Waals surface area contributed by atoms with Crippen molar-refractivity contribution in [2.45, 2.75) is 22.6 Å². The smallest absolute Gasteiger partial charge is 0.206 e. The summed E-state index contributed by atoms with van der Waals surface area (Å²) in [6.07, 6.45) is 5.05. The number of allylic oxidation sites excluding steroid dienone is 2. The Balaban J connectivity index is 2.32. The first-order chi connectivity index (χ1) is 10.1. The number of sulfone groups is 1. The maximum absolute atomic E-state index is 12.5. The molecule has 108 valence electrons. The summed E-state index contributed by atoms with van der Waals surface area (Å²) in [7, 11) is -3.45. The molecule has 2 rings (SSSR count). The zero-order valence-corrected chi connectivity index (χ0v) is 12.6. The van der Waals surface area contributed by atoms with Crippen molar-refractivity contribution >= 4 is 9.84 Å². The summed E-state index contributed by atoms with van der Waals surface area (Å²) in [5.74, 6) is 0. The Morgan fingerprint density at radius 2 is 1.05 bits per heavy atom. The molecule has 0 radical (unpaired) electrons. The van der Waals surface area contributed by atoms with Crippen LogP contribution in [0.15, 0.2) is 83.6 Å². The van der Waals surface area contributed by atoms with Crippen molar-refractivity contribution in [3.8, 4) is 0 Å². The average molecular weight is 298 g/mol. The van der Waals surface area contributed by atoms with Gasteiger partial charge < -0.3 is 0 Å². The summed E-state index contributed by atoms with van der Waals surface area (Å²) in [6.45, 7) is 7.35. The minimum absolute atomic E-state index is 0.312. The highest BCUT2D eigenvalue weighted by molar-refractivity contribution is 7.91. The molecule has 0 atom stereocenters. The van der Waals surface area contributed by atoms with Crippen LogP contribution < -0.4 is 0 Å². The topological polar surface area (TPSA) is 34.1 Å². The standard InChI is InChI=1S/C18H18O2S/c1-3-5-15-7-11-17(12-8-15)21(19,20)18-13-9-16(6-4-2)10-14-18/h3-4,7-14H,1-2,5-6H2. The molecule has 0 bridgehead atoms. The third kappa shape index (κ3) is 3.50. The predicted octanol–water partition coefficient (Wildman–Crippen LogP) is 3.98. The van der Waals surface area contributed by atoms with Crippen molar-refractivity contribution in [1.82, 2.24) is 0 Å².